The van der Waals surface area contributed by atoms with Gasteiger partial charge >= 0.3 is 0 Å². The van der Waals surface area contributed by atoms with Gasteiger partial charge < -0.3 is 10.1 Å². The summed E-state index contributed by atoms with van der Waals surface area (Å²) in [7, 11) is 0. The zero-order valence-electron chi connectivity index (χ0n) is 9.42. The van der Waals surface area contributed by atoms with Gasteiger partial charge in [0, 0.05) is 0 Å². The Kier molecular flexibility index (Phi) is 4.67. The molecule has 1 fully saturated rings. The second kappa shape index (κ2) is 6.26. The molecule has 1 atom stereocenters. The van der Waals surface area contributed by atoms with Gasteiger partial charge in [-0.2, -0.15) is 0 Å². The second-order valence-electron chi connectivity index (χ2n) is 4.28. The maximum absolute atomic E-state index is 5.76. The Morgan fingerprint density at radius 1 is 1.38 bits per heavy atom. The van der Waals surface area contributed by atoms with E-state index < -0.39 is 0 Å². The highest BCUT2D eigenvalue weighted by atomic mass is 79.9. The number of halogens is 1. The van der Waals surface area contributed by atoms with Crippen LogP contribution < -0.4 is 10.1 Å². The first kappa shape index (κ1) is 11.9. The largest absolute Gasteiger partial charge is 0.492 e. The SMILES string of the molecule is Brc1ccccc1OCC[C@@H]1CCCNC1. The van der Waals surface area contributed by atoms with E-state index in [0.717, 1.165) is 35.7 Å². The van der Waals surface area contributed by atoms with Gasteiger partial charge in [-0.05, 0) is 66.3 Å². The molecule has 0 spiro atoms. The summed E-state index contributed by atoms with van der Waals surface area (Å²) in [4.78, 5) is 0. The van der Waals surface area contributed by atoms with Crippen LogP contribution in [0.25, 0.3) is 0 Å². The quantitative estimate of drug-likeness (QED) is 0.916. The number of para-hydroxylation sites is 1. The molecule has 1 saturated heterocycles. The Labute approximate surface area is 106 Å². The third kappa shape index (κ3) is 3.49. The van der Waals surface area contributed by atoms with Gasteiger partial charge in [0.2, 0.25) is 0 Å². The predicted molar refractivity (Wildman–Crippen MR) is 69.8 cm³/mol. The van der Waals surface area contributed by atoms with Crippen LogP contribution in [0.1, 0.15) is 19.3 Å². The van der Waals surface area contributed by atoms with Gasteiger partial charge in [-0.3, -0.25) is 0 Å². The molecule has 1 heterocycles. The molecular weight excluding hydrogens is 266 g/mol. The number of ether oxygens (including phenoxy) is 1. The molecule has 0 unspecified atom stereocenters. The molecule has 2 rings (SSSR count). The molecule has 0 bridgehead atoms. The van der Waals surface area contributed by atoms with Crippen molar-refractivity contribution in [3.63, 3.8) is 0 Å². The van der Waals surface area contributed by atoms with Crippen LogP contribution in [0.4, 0.5) is 0 Å². The topological polar surface area (TPSA) is 21.3 Å². The highest BCUT2D eigenvalue weighted by molar-refractivity contribution is 9.10. The molecule has 1 N–H and O–H groups in total. The van der Waals surface area contributed by atoms with Crippen LogP contribution in [0, 0.1) is 5.92 Å². The van der Waals surface area contributed by atoms with E-state index in [0.29, 0.717) is 0 Å². The van der Waals surface area contributed by atoms with Crippen molar-refractivity contribution in [1.82, 2.24) is 5.32 Å². The average Bonchev–Trinajstić information content (AvgIpc) is 2.33. The number of benzene rings is 1. The average molecular weight is 284 g/mol. The Hall–Kier alpha value is -0.540. The summed E-state index contributed by atoms with van der Waals surface area (Å²) in [5.41, 5.74) is 0. The lowest BCUT2D eigenvalue weighted by Crippen LogP contribution is -2.30. The number of piperidine rings is 1. The third-order valence-electron chi connectivity index (χ3n) is 3.02. The summed E-state index contributed by atoms with van der Waals surface area (Å²) in [5, 5.41) is 3.43. The van der Waals surface area contributed by atoms with Gasteiger partial charge in [0.1, 0.15) is 5.75 Å². The molecule has 3 heteroatoms. The summed E-state index contributed by atoms with van der Waals surface area (Å²) >= 11 is 3.49. The van der Waals surface area contributed by atoms with Gasteiger partial charge in [-0.15, -0.1) is 0 Å². The lowest BCUT2D eigenvalue weighted by atomic mass is 9.97. The van der Waals surface area contributed by atoms with Crippen LogP contribution in [0.3, 0.4) is 0 Å². The van der Waals surface area contributed by atoms with E-state index in [9.17, 15) is 0 Å². The molecule has 16 heavy (non-hydrogen) atoms. The first-order valence-corrected chi connectivity index (χ1v) is 6.73. The molecule has 88 valence electrons. The molecule has 2 nitrogen and oxygen atoms in total. The summed E-state index contributed by atoms with van der Waals surface area (Å²) < 4.78 is 6.80. The highest BCUT2D eigenvalue weighted by Crippen LogP contribution is 2.24. The van der Waals surface area contributed by atoms with Crippen molar-refractivity contribution in [3.8, 4) is 5.75 Å². The lowest BCUT2D eigenvalue weighted by molar-refractivity contribution is 0.253. The maximum Gasteiger partial charge on any atom is 0.133 e. The van der Waals surface area contributed by atoms with E-state index in [1.54, 1.807) is 0 Å². The van der Waals surface area contributed by atoms with Gasteiger partial charge in [0.15, 0.2) is 0 Å². The van der Waals surface area contributed by atoms with Gasteiger partial charge in [-0.1, -0.05) is 12.1 Å². The Balaban J connectivity index is 1.73. The van der Waals surface area contributed by atoms with E-state index in [2.05, 4.69) is 21.2 Å². The first-order valence-electron chi connectivity index (χ1n) is 5.94. The van der Waals surface area contributed by atoms with Crippen molar-refractivity contribution in [2.24, 2.45) is 5.92 Å². The maximum atomic E-state index is 5.76. The lowest BCUT2D eigenvalue weighted by Gasteiger charge is -2.22. The molecule has 1 aliphatic heterocycles. The Bertz CT molecular complexity index is 323. The Morgan fingerprint density at radius 3 is 3.00 bits per heavy atom. The summed E-state index contributed by atoms with van der Waals surface area (Å²) in [5.74, 6) is 1.74. The van der Waals surface area contributed by atoms with Crippen LogP contribution >= 0.6 is 15.9 Å². The smallest absolute Gasteiger partial charge is 0.133 e. The van der Waals surface area contributed by atoms with Gasteiger partial charge in [0.05, 0.1) is 11.1 Å². The normalized spacial score (nSPS) is 20.7. The standard InChI is InChI=1S/C13H18BrNO/c14-12-5-1-2-6-13(12)16-9-7-11-4-3-8-15-10-11/h1-2,5-6,11,15H,3-4,7-10H2/t11-/m0/s1. The van der Waals surface area contributed by atoms with E-state index in [-0.39, 0.29) is 0 Å². The van der Waals surface area contributed by atoms with E-state index in [1.165, 1.54) is 19.4 Å². The number of hydrogen-bond donors (Lipinski definition) is 1. The molecule has 1 aromatic carbocycles. The van der Waals surface area contributed by atoms with Crippen LogP contribution in [0.2, 0.25) is 0 Å². The summed E-state index contributed by atoms with van der Waals surface area (Å²) in [6, 6.07) is 8.02. The molecule has 0 amide bonds. The van der Waals surface area contributed by atoms with Gasteiger partial charge in [-0.25, -0.2) is 0 Å². The number of hydrogen-bond acceptors (Lipinski definition) is 2. The van der Waals surface area contributed by atoms with Crippen molar-refractivity contribution >= 4 is 15.9 Å². The zero-order valence-corrected chi connectivity index (χ0v) is 11.0. The Morgan fingerprint density at radius 2 is 2.25 bits per heavy atom. The van der Waals surface area contributed by atoms with Crippen molar-refractivity contribution < 1.29 is 4.74 Å². The van der Waals surface area contributed by atoms with Crippen molar-refractivity contribution in [2.45, 2.75) is 19.3 Å². The minimum atomic E-state index is 0.788. The van der Waals surface area contributed by atoms with E-state index in [4.69, 9.17) is 4.74 Å². The molecule has 0 saturated carbocycles. The fourth-order valence-corrected chi connectivity index (χ4v) is 2.47. The number of rotatable bonds is 4. The molecule has 0 aliphatic carbocycles. The fraction of sp³-hybridized carbons (Fsp3) is 0.538. The van der Waals surface area contributed by atoms with Crippen LogP contribution in [0.15, 0.2) is 28.7 Å². The summed E-state index contributed by atoms with van der Waals surface area (Å²) in [6.45, 7) is 3.15. The minimum absolute atomic E-state index is 0.788. The van der Waals surface area contributed by atoms with Crippen molar-refractivity contribution in [2.75, 3.05) is 19.7 Å². The van der Waals surface area contributed by atoms with Crippen LogP contribution in [-0.4, -0.2) is 19.7 Å². The first-order chi connectivity index (χ1) is 7.86. The van der Waals surface area contributed by atoms with Gasteiger partial charge in [0.25, 0.3) is 0 Å². The monoisotopic (exact) mass is 283 g/mol. The van der Waals surface area contributed by atoms with Crippen molar-refractivity contribution in [1.29, 1.82) is 0 Å². The van der Waals surface area contributed by atoms with E-state index in [1.807, 2.05) is 24.3 Å². The second-order valence-corrected chi connectivity index (χ2v) is 5.13. The third-order valence-corrected chi connectivity index (χ3v) is 3.67. The highest BCUT2D eigenvalue weighted by Gasteiger charge is 2.12. The molecule has 0 radical (unpaired) electrons. The zero-order chi connectivity index (χ0) is 11.2. The molecule has 1 aliphatic rings. The fourth-order valence-electron chi connectivity index (χ4n) is 2.07. The predicted octanol–water partition coefficient (Wildman–Crippen LogP) is 3.22. The minimum Gasteiger partial charge on any atom is -0.492 e. The van der Waals surface area contributed by atoms with E-state index >= 15 is 0 Å². The van der Waals surface area contributed by atoms with Crippen LogP contribution in [-0.2, 0) is 0 Å². The van der Waals surface area contributed by atoms with Crippen LogP contribution in [0.5, 0.6) is 5.75 Å². The molecular formula is C13H18BrNO. The summed E-state index contributed by atoms with van der Waals surface area (Å²) in [6.07, 6.45) is 3.79. The molecule has 1 aromatic rings. The number of nitrogens with one attached hydrogen (secondary N) is 1. The van der Waals surface area contributed by atoms with Crippen molar-refractivity contribution in [3.05, 3.63) is 28.7 Å². The molecule has 0 aromatic heterocycles.